The maximum absolute atomic E-state index is 12.7. The summed E-state index contributed by atoms with van der Waals surface area (Å²) in [4.78, 5) is 30.6. The molecule has 3 rings (SSSR count). The van der Waals surface area contributed by atoms with E-state index in [0.717, 1.165) is 16.5 Å². The molecule has 5 nitrogen and oxygen atoms in total. The minimum atomic E-state index is -0.904. The zero-order chi connectivity index (χ0) is 15.2. The Kier molecular flexibility index (Phi) is 2.93. The molecular formula is C16H17N3O2. The van der Waals surface area contributed by atoms with Gasteiger partial charge in [-0.05, 0) is 32.9 Å². The van der Waals surface area contributed by atoms with Gasteiger partial charge < -0.3 is 5.32 Å². The van der Waals surface area contributed by atoms with Crippen molar-refractivity contribution in [3.05, 3.63) is 36.7 Å². The van der Waals surface area contributed by atoms with Crippen LogP contribution < -0.4 is 10.2 Å². The highest BCUT2D eigenvalue weighted by molar-refractivity contribution is 6.13. The summed E-state index contributed by atoms with van der Waals surface area (Å²) in [6.07, 6.45) is 3.44. The van der Waals surface area contributed by atoms with E-state index in [0.29, 0.717) is 0 Å². The number of amides is 2. The van der Waals surface area contributed by atoms with Gasteiger partial charge in [0.05, 0.1) is 5.69 Å². The highest BCUT2D eigenvalue weighted by atomic mass is 16.2. The summed E-state index contributed by atoms with van der Waals surface area (Å²) < 4.78 is 0. The second-order valence-corrected chi connectivity index (χ2v) is 5.84. The lowest BCUT2D eigenvalue weighted by atomic mass is 9.96. The van der Waals surface area contributed by atoms with Gasteiger partial charge in [-0.3, -0.25) is 19.5 Å². The molecule has 1 aliphatic rings. The lowest BCUT2D eigenvalue weighted by molar-refractivity contribution is -0.136. The van der Waals surface area contributed by atoms with Gasteiger partial charge in [0.1, 0.15) is 11.6 Å². The molecule has 1 unspecified atom stereocenters. The molecule has 108 valence electrons. The molecule has 0 saturated carbocycles. The fraction of sp³-hybridized carbons (Fsp3) is 0.312. The summed E-state index contributed by atoms with van der Waals surface area (Å²) in [6, 6.07) is 7.01. The molecule has 1 aliphatic heterocycles. The molecule has 21 heavy (non-hydrogen) atoms. The third-order valence-electron chi connectivity index (χ3n) is 3.87. The van der Waals surface area contributed by atoms with E-state index < -0.39 is 11.6 Å². The van der Waals surface area contributed by atoms with Crippen LogP contribution in [0, 0.1) is 0 Å². The monoisotopic (exact) mass is 283 g/mol. The van der Waals surface area contributed by atoms with Crippen LogP contribution in [0.3, 0.4) is 0 Å². The van der Waals surface area contributed by atoms with Crippen molar-refractivity contribution in [2.24, 2.45) is 0 Å². The number of carbonyl (C=O) groups is 2. The van der Waals surface area contributed by atoms with Crippen LogP contribution in [0.25, 0.3) is 10.8 Å². The molecule has 0 radical (unpaired) electrons. The van der Waals surface area contributed by atoms with Crippen molar-refractivity contribution in [1.82, 2.24) is 10.3 Å². The first-order chi connectivity index (χ1) is 9.92. The van der Waals surface area contributed by atoms with E-state index >= 15 is 0 Å². The summed E-state index contributed by atoms with van der Waals surface area (Å²) in [5.41, 5.74) is -0.158. The van der Waals surface area contributed by atoms with Gasteiger partial charge in [-0.2, -0.15) is 0 Å². The maximum Gasteiger partial charge on any atom is 0.252 e. The molecule has 1 saturated heterocycles. The van der Waals surface area contributed by atoms with Gasteiger partial charge in [-0.1, -0.05) is 12.1 Å². The summed E-state index contributed by atoms with van der Waals surface area (Å²) in [5, 5.41) is 4.62. The van der Waals surface area contributed by atoms with Crippen LogP contribution in [-0.4, -0.2) is 28.4 Å². The average molecular weight is 283 g/mol. The number of piperazine rings is 1. The standard InChI is InChI=1S/C16H17N3O2/c1-10-14(20)18-16(2,3)15(21)19(10)13-6-4-5-11-9-17-8-7-12(11)13/h4-10H,1-3H3,(H,18,20). The Bertz CT molecular complexity index is 734. The second-order valence-electron chi connectivity index (χ2n) is 5.84. The third kappa shape index (κ3) is 2.05. The Morgan fingerprint density at radius 2 is 2.00 bits per heavy atom. The second kappa shape index (κ2) is 4.55. The number of carbonyl (C=O) groups excluding carboxylic acids is 2. The number of fused-ring (bicyclic) bond motifs is 1. The minimum Gasteiger partial charge on any atom is -0.340 e. The summed E-state index contributed by atoms with van der Waals surface area (Å²) in [7, 11) is 0. The zero-order valence-corrected chi connectivity index (χ0v) is 12.3. The quantitative estimate of drug-likeness (QED) is 0.869. The largest absolute Gasteiger partial charge is 0.340 e. The van der Waals surface area contributed by atoms with Crippen LogP contribution >= 0.6 is 0 Å². The zero-order valence-electron chi connectivity index (χ0n) is 12.3. The molecule has 2 amide bonds. The highest BCUT2D eigenvalue weighted by Gasteiger charge is 2.44. The Morgan fingerprint density at radius 3 is 2.76 bits per heavy atom. The molecule has 1 N–H and O–H groups in total. The lowest BCUT2D eigenvalue weighted by Crippen LogP contribution is -2.67. The predicted octanol–water partition coefficient (Wildman–Crippen LogP) is 1.86. The highest BCUT2D eigenvalue weighted by Crippen LogP contribution is 2.31. The van der Waals surface area contributed by atoms with E-state index in [1.807, 2.05) is 24.3 Å². The van der Waals surface area contributed by atoms with E-state index in [-0.39, 0.29) is 11.8 Å². The van der Waals surface area contributed by atoms with Crippen LogP contribution in [0.2, 0.25) is 0 Å². The topological polar surface area (TPSA) is 62.3 Å². The van der Waals surface area contributed by atoms with Gasteiger partial charge in [0.15, 0.2) is 0 Å². The molecule has 2 heterocycles. The Balaban J connectivity index is 2.20. The van der Waals surface area contributed by atoms with E-state index in [9.17, 15) is 9.59 Å². The Labute approximate surface area is 123 Å². The van der Waals surface area contributed by atoms with Gasteiger partial charge in [0.2, 0.25) is 5.91 Å². The molecule has 0 aliphatic carbocycles. The van der Waals surface area contributed by atoms with Crippen molar-refractivity contribution in [2.75, 3.05) is 4.90 Å². The van der Waals surface area contributed by atoms with Crippen LogP contribution in [0.5, 0.6) is 0 Å². The summed E-state index contributed by atoms with van der Waals surface area (Å²) >= 11 is 0. The number of nitrogens with one attached hydrogen (secondary N) is 1. The smallest absolute Gasteiger partial charge is 0.252 e. The number of anilines is 1. The number of rotatable bonds is 1. The van der Waals surface area contributed by atoms with Crippen molar-refractivity contribution in [3.63, 3.8) is 0 Å². The SMILES string of the molecule is CC1C(=O)NC(C)(C)C(=O)N1c1cccc2cnccc12. The van der Waals surface area contributed by atoms with Crippen LogP contribution in [0.15, 0.2) is 36.7 Å². The van der Waals surface area contributed by atoms with Crippen molar-refractivity contribution < 1.29 is 9.59 Å². The molecular weight excluding hydrogens is 266 g/mol. The third-order valence-corrected chi connectivity index (χ3v) is 3.87. The predicted molar refractivity (Wildman–Crippen MR) is 80.9 cm³/mol. The maximum atomic E-state index is 12.7. The minimum absolute atomic E-state index is 0.112. The fourth-order valence-electron chi connectivity index (χ4n) is 2.69. The number of pyridine rings is 1. The number of benzene rings is 1. The molecule has 5 heteroatoms. The fourth-order valence-corrected chi connectivity index (χ4v) is 2.69. The number of hydrogen-bond acceptors (Lipinski definition) is 3. The molecule has 1 atom stereocenters. The number of hydrogen-bond donors (Lipinski definition) is 1. The normalized spacial score (nSPS) is 21.5. The van der Waals surface area contributed by atoms with Crippen LogP contribution in [-0.2, 0) is 9.59 Å². The van der Waals surface area contributed by atoms with Crippen molar-refractivity contribution in [3.8, 4) is 0 Å². The van der Waals surface area contributed by atoms with E-state index in [1.165, 1.54) is 0 Å². The molecule has 1 aromatic heterocycles. The van der Waals surface area contributed by atoms with Gasteiger partial charge in [0.25, 0.3) is 5.91 Å². The average Bonchev–Trinajstić information content (AvgIpc) is 2.45. The van der Waals surface area contributed by atoms with Crippen molar-refractivity contribution >= 4 is 28.3 Å². The number of aromatic nitrogens is 1. The molecule has 0 spiro atoms. The molecule has 0 bridgehead atoms. The van der Waals surface area contributed by atoms with Crippen LogP contribution in [0.4, 0.5) is 5.69 Å². The summed E-state index contributed by atoms with van der Waals surface area (Å²) in [5.74, 6) is -0.260. The Morgan fingerprint density at radius 1 is 1.24 bits per heavy atom. The summed E-state index contributed by atoms with van der Waals surface area (Å²) in [6.45, 7) is 5.18. The van der Waals surface area contributed by atoms with E-state index in [2.05, 4.69) is 10.3 Å². The molecule has 2 aromatic rings. The first kappa shape index (κ1) is 13.5. The lowest BCUT2D eigenvalue weighted by Gasteiger charge is -2.41. The van der Waals surface area contributed by atoms with Gasteiger partial charge in [0, 0.05) is 23.2 Å². The van der Waals surface area contributed by atoms with Gasteiger partial charge in [-0.15, -0.1) is 0 Å². The van der Waals surface area contributed by atoms with E-state index in [1.54, 1.807) is 38.1 Å². The van der Waals surface area contributed by atoms with E-state index in [4.69, 9.17) is 0 Å². The molecule has 1 aromatic carbocycles. The molecule has 1 fully saturated rings. The van der Waals surface area contributed by atoms with Gasteiger partial charge in [-0.25, -0.2) is 0 Å². The first-order valence-corrected chi connectivity index (χ1v) is 6.90. The first-order valence-electron chi connectivity index (χ1n) is 6.90. The van der Waals surface area contributed by atoms with Gasteiger partial charge >= 0.3 is 0 Å². The van der Waals surface area contributed by atoms with Crippen molar-refractivity contribution in [1.29, 1.82) is 0 Å². The number of nitrogens with zero attached hydrogens (tertiary/aromatic N) is 2. The van der Waals surface area contributed by atoms with Crippen LogP contribution in [0.1, 0.15) is 20.8 Å². The van der Waals surface area contributed by atoms with Crippen molar-refractivity contribution in [2.45, 2.75) is 32.4 Å². The Hall–Kier alpha value is -2.43.